The molecule has 0 fully saturated rings. The third-order valence-electron chi connectivity index (χ3n) is 2.28. The van der Waals surface area contributed by atoms with Crippen molar-refractivity contribution in [2.45, 2.75) is 6.92 Å². The highest BCUT2D eigenvalue weighted by Gasteiger charge is 2.11. The lowest BCUT2D eigenvalue weighted by Crippen LogP contribution is -1.92. The van der Waals surface area contributed by atoms with Crippen LogP contribution in [0.5, 0.6) is 0 Å². The van der Waals surface area contributed by atoms with Crippen molar-refractivity contribution in [3.63, 3.8) is 0 Å². The Morgan fingerprint density at radius 3 is 2.94 bits per heavy atom. The molecule has 0 aliphatic heterocycles. The molecule has 0 aliphatic carbocycles. The van der Waals surface area contributed by atoms with Crippen LogP contribution in [0.4, 0.5) is 5.69 Å². The molecule has 6 heteroatoms. The van der Waals surface area contributed by atoms with Gasteiger partial charge in [-0.05, 0) is 19.1 Å². The van der Waals surface area contributed by atoms with Gasteiger partial charge in [0.2, 0.25) is 0 Å². The number of nitrogen functional groups attached to an aromatic ring is 1. The Kier molecular flexibility index (Phi) is 1.70. The van der Waals surface area contributed by atoms with Crippen LogP contribution < -0.4 is 5.73 Å². The number of fused-ring (bicyclic) bond motifs is 1. The Morgan fingerprint density at radius 1 is 1.31 bits per heavy atom. The first kappa shape index (κ1) is 8.90. The standard InChI is InChI=1S/C10H9N5O/c1-6-4-8(14-16-6)10-13-12-9-3-2-7(11)5-15(9)10/h2-5H,11H2,1H3. The van der Waals surface area contributed by atoms with Crippen molar-refractivity contribution in [2.75, 3.05) is 5.73 Å². The van der Waals surface area contributed by atoms with Crippen LogP contribution in [0, 0.1) is 6.92 Å². The average Bonchev–Trinajstić information content (AvgIpc) is 2.83. The highest BCUT2D eigenvalue weighted by atomic mass is 16.5. The average molecular weight is 215 g/mol. The monoisotopic (exact) mass is 215 g/mol. The molecule has 2 N–H and O–H groups in total. The molecule has 0 saturated heterocycles. The highest BCUT2D eigenvalue weighted by Crippen LogP contribution is 2.18. The van der Waals surface area contributed by atoms with Crippen molar-refractivity contribution < 1.29 is 4.52 Å². The minimum Gasteiger partial charge on any atom is -0.398 e. The van der Waals surface area contributed by atoms with Crippen LogP contribution in [-0.4, -0.2) is 19.8 Å². The first-order valence-electron chi connectivity index (χ1n) is 4.78. The highest BCUT2D eigenvalue weighted by molar-refractivity contribution is 5.57. The second-order valence-electron chi connectivity index (χ2n) is 3.54. The zero-order valence-electron chi connectivity index (χ0n) is 8.58. The normalized spacial score (nSPS) is 11.1. The molecule has 0 atom stereocenters. The molecular formula is C10H9N5O. The molecule has 0 radical (unpaired) electrons. The Hall–Kier alpha value is -2.37. The summed E-state index contributed by atoms with van der Waals surface area (Å²) in [4.78, 5) is 0. The molecule has 16 heavy (non-hydrogen) atoms. The fraction of sp³-hybridized carbons (Fsp3) is 0.100. The van der Waals surface area contributed by atoms with Gasteiger partial charge in [0.05, 0.1) is 0 Å². The number of hydrogen-bond donors (Lipinski definition) is 1. The maximum Gasteiger partial charge on any atom is 0.190 e. The molecule has 6 nitrogen and oxygen atoms in total. The van der Waals surface area contributed by atoms with E-state index >= 15 is 0 Å². The van der Waals surface area contributed by atoms with E-state index in [0.717, 1.165) is 11.4 Å². The number of anilines is 1. The van der Waals surface area contributed by atoms with Crippen LogP contribution in [-0.2, 0) is 0 Å². The summed E-state index contributed by atoms with van der Waals surface area (Å²) in [5, 5.41) is 12.0. The van der Waals surface area contributed by atoms with Crippen LogP contribution in [0.3, 0.4) is 0 Å². The van der Waals surface area contributed by atoms with Gasteiger partial charge in [0.25, 0.3) is 0 Å². The SMILES string of the molecule is Cc1cc(-c2nnc3ccc(N)cn23)no1. The van der Waals surface area contributed by atoms with Crippen molar-refractivity contribution in [3.05, 3.63) is 30.2 Å². The van der Waals surface area contributed by atoms with Gasteiger partial charge >= 0.3 is 0 Å². The predicted molar refractivity (Wildman–Crippen MR) is 57.6 cm³/mol. The summed E-state index contributed by atoms with van der Waals surface area (Å²) in [5.41, 5.74) is 7.74. The molecule has 3 aromatic heterocycles. The quantitative estimate of drug-likeness (QED) is 0.661. The van der Waals surface area contributed by atoms with E-state index in [1.807, 2.05) is 6.92 Å². The second-order valence-corrected chi connectivity index (χ2v) is 3.54. The van der Waals surface area contributed by atoms with Gasteiger partial charge in [0.1, 0.15) is 5.76 Å². The third-order valence-corrected chi connectivity index (χ3v) is 2.28. The Bertz CT molecular complexity index is 654. The van der Waals surface area contributed by atoms with Crippen molar-refractivity contribution in [1.82, 2.24) is 19.8 Å². The van der Waals surface area contributed by atoms with Crippen molar-refractivity contribution >= 4 is 11.3 Å². The summed E-state index contributed by atoms with van der Waals surface area (Å²) < 4.78 is 6.79. The minimum absolute atomic E-state index is 0.624. The Labute approximate surface area is 90.7 Å². The predicted octanol–water partition coefficient (Wildman–Crippen LogP) is 1.27. The van der Waals surface area contributed by atoms with Crippen LogP contribution >= 0.6 is 0 Å². The molecule has 0 aromatic carbocycles. The van der Waals surface area contributed by atoms with Crippen LogP contribution in [0.25, 0.3) is 17.2 Å². The maximum absolute atomic E-state index is 5.72. The Balaban J connectivity index is 2.27. The molecule has 0 spiro atoms. The summed E-state index contributed by atoms with van der Waals surface area (Å²) in [6, 6.07) is 5.39. The number of pyridine rings is 1. The maximum atomic E-state index is 5.72. The van der Waals surface area contributed by atoms with E-state index in [-0.39, 0.29) is 0 Å². The molecule has 0 aliphatic rings. The molecule has 0 amide bonds. The fourth-order valence-corrected chi connectivity index (χ4v) is 1.55. The summed E-state index contributed by atoms with van der Waals surface area (Å²) >= 11 is 0. The molecule has 3 aromatic rings. The number of aromatic nitrogens is 4. The number of rotatable bonds is 1. The van der Waals surface area contributed by atoms with Gasteiger partial charge in [-0.15, -0.1) is 10.2 Å². The van der Waals surface area contributed by atoms with Crippen molar-refractivity contribution in [1.29, 1.82) is 0 Å². The van der Waals surface area contributed by atoms with Gasteiger partial charge < -0.3 is 10.3 Å². The van der Waals surface area contributed by atoms with Gasteiger partial charge in [-0.1, -0.05) is 5.16 Å². The van der Waals surface area contributed by atoms with E-state index in [1.54, 1.807) is 28.8 Å². The van der Waals surface area contributed by atoms with E-state index < -0.39 is 0 Å². The van der Waals surface area contributed by atoms with Gasteiger partial charge in [-0.25, -0.2) is 0 Å². The molecule has 0 bridgehead atoms. The van der Waals surface area contributed by atoms with Gasteiger partial charge in [-0.3, -0.25) is 4.40 Å². The lowest BCUT2D eigenvalue weighted by molar-refractivity contribution is 0.399. The van der Waals surface area contributed by atoms with E-state index in [0.29, 0.717) is 17.2 Å². The lowest BCUT2D eigenvalue weighted by Gasteiger charge is -1.96. The number of aryl methyl sites for hydroxylation is 1. The summed E-state index contributed by atoms with van der Waals surface area (Å²) in [6.07, 6.45) is 1.76. The van der Waals surface area contributed by atoms with E-state index in [2.05, 4.69) is 15.4 Å². The lowest BCUT2D eigenvalue weighted by atomic mass is 10.3. The van der Waals surface area contributed by atoms with E-state index in [4.69, 9.17) is 10.3 Å². The molecule has 0 saturated carbocycles. The topological polar surface area (TPSA) is 82.2 Å². The smallest absolute Gasteiger partial charge is 0.190 e. The minimum atomic E-state index is 0.624. The third kappa shape index (κ3) is 1.23. The molecule has 3 heterocycles. The number of nitrogens with two attached hydrogens (primary N) is 1. The Morgan fingerprint density at radius 2 is 2.19 bits per heavy atom. The van der Waals surface area contributed by atoms with Gasteiger partial charge in [-0.2, -0.15) is 0 Å². The van der Waals surface area contributed by atoms with E-state index in [1.165, 1.54) is 0 Å². The zero-order valence-corrected chi connectivity index (χ0v) is 8.58. The first-order chi connectivity index (χ1) is 7.74. The summed E-state index contributed by atoms with van der Waals surface area (Å²) in [6.45, 7) is 1.83. The fourth-order valence-electron chi connectivity index (χ4n) is 1.55. The van der Waals surface area contributed by atoms with Crippen LogP contribution in [0.2, 0.25) is 0 Å². The molecule has 80 valence electrons. The van der Waals surface area contributed by atoms with Gasteiger partial charge in [0, 0.05) is 18.0 Å². The van der Waals surface area contributed by atoms with E-state index in [9.17, 15) is 0 Å². The molecule has 0 unspecified atom stereocenters. The second kappa shape index (κ2) is 3.06. The van der Waals surface area contributed by atoms with Gasteiger partial charge in [0.15, 0.2) is 17.2 Å². The number of hydrogen-bond acceptors (Lipinski definition) is 5. The number of nitrogens with zero attached hydrogens (tertiary/aromatic N) is 4. The largest absolute Gasteiger partial charge is 0.398 e. The summed E-state index contributed by atoms with van der Waals surface area (Å²) in [5.74, 6) is 1.36. The molecule has 3 rings (SSSR count). The van der Waals surface area contributed by atoms with Crippen molar-refractivity contribution in [2.24, 2.45) is 0 Å². The first-order valence-corrected chi connectivity index (χ1v) is 4.78. The summed E-state index contributed by atoms with van der Waals surface area (Å²) in [7, 11) is 0. The van der Waals surface area contributed by atoms with Crippen LogP contribution in [0.15, 0.2) is 28.9 Å². The zero-order chi connectivity index (χ0) is 11.1. The van der Waals surface area contributed by atoms with Crippen molar-refractivity contribution in [3.8, 4) is 11.5 Å². The molecular weight excluding hydrogens is 206 g/mol. The van der Waals surface area contributed by atoms with Crippen LogP contribution in [0.1, 0.15) is 5.76 Å².